The molecule has 2 aromatic heterocycles. The minimum atomic E-state index is 0.270. The third-order valence-corrected chi connectivity index (χ3v) is 5.59. The van der Waals surface area contributed by atoms with Crippen molar-refractivity contribution < 1.29 is 4.74 Å². The van der Waals surface area contributed by atoms with Gasteiger partial charge in [-0.3, -0.25) is 4.90 Å². The SMILES string of the molecule is CCn1ccc2cc(CN3CC[C@H]4OCc5cnnn5[C@H]4C3)ccc21. The molecule has 0 radical (unpaired) electrons. The fourth-order valence-corrected chi connectivity index (χ4v) is 4.27. The zero-order valence-corrected chi connectivity index (χ0v) is 14.5. The maximum absolute atomic E-state index is 6.01. The molecule has 25 heavy (non-hydrogen) atoms. The molecule has 6 nitrogen and oxygen atoms in total. The van der Waals surface area contributed by atoms with Gasteiger partial charge in [-0.15, -0.1) is 5.10 Å². The van der Waals surface area contributed by atoms with Gasteiger partial charge in [0.05, 0.1) is 30.6 Å². The van der Waals surface area contributed by atoms with Gasteiger partial charge in [0.2, 0.25) is 0 Å². The summed E-state index contributed by atoms with van der Waals surface area (Å²) in [6.45, 7) is 6.84. The molecule has 0 aliphatic carbocycles. The highest BCUT2D eigenvalue weighted by molar-refractivity contribution is 5.80. The predicted molar refractivity (Wildman–Crippen MR) is 95.1 cm³/mol. The fraction of sp³-hybridized carbons (Fsp3) is 0.474. The van der Waals surface area contributed by atoms with E-state index >= 15 is 0 Å². The molecule has 3 aromatic rings. The lowest BCUT2D eigenvalue weighted by Gasteiger charge is -2.41. The van der Waals surface area contributed by atoms with Crippen molar-refractivity contribution in [1.82, 2.24) is 24.5 Å². The van der Waals surface area contributed by atoms with Crippen LogP contribution >= 0.6 is 0 Å². The van der Waals surface area contributed by atoms with Crippen LogP contribution in [-0.4, -0.2) is 43.7 Å². The number of nitrogens with zero attached hydrogens (tertiary/aromatic N) is 5. The molecule has 0 amide bonds. The first kappa shape index (κ1) is 15.1. The average molecular weight is 337 g/mol. The first-order valence-corrected chi connectivity index (χ1v) is 9.12. The van der Waals surface area contributed by atoms with Gasteiger partial charge in [0.15, 0.2) is 0 Å². The van der Waals surface area contributed by atoms with Crippen LogP contribution in [0.3, 0.4) is 0 Å². The number of hydrogen-bond acceptors (Lipinski definition) is 4. The van der Waals surface area contributed by atoms with Gasteiger partial charge in [0, 0.05) is 37.9 Å². The molecule has 0 N–H and O–H groups in total. The Labute approximate surface area is 147 Å². The largest absolute Gasteiger partial charge is 0.370 e. The summed E-state index contributed by atoms with van der Waals surface area (Å²) in [5.41, 5.74) is 3.78. The van der Waals surface area contributed by atoms with E-state index in [4.69, 9.17) is 4.74 Å². The van der Waals surface area contributed by atoms with Crippen LogP contribution in [0, 0.1) is 0 Å². The second-order valence-corrected chi connectivity index (χ2v) is 7.11. The lowest BCUT2D eigenvalue weighted by Crippen LogP contribution is -2.47. The number of aromatic nitrogens is 4. The molecule has 1 fully saturated rings. The molecule has 4 heterocycles. The Kier molecular flexibility index (Phi) is 3.60. The second kappa shape index (κ2) is 5.97. The summed E-state index contributed by atoms with van der Waals surface area (Å²) in [4.78, 5) is 2.51. The van der Waals surface area contributed by atoms with E-state index in [1.165, 1.54) is 16.5 Å². The normalized spacial score (nSPS) is 23.6. The zero-order chi connectivity index (χ0) is 16.8. The van der Waals surface area contributed by atoms with Gasteiger partial charge in [-0.25, -0.2) is 4.68 Å². The van der Waals surface area contributed by atoms with E-state index in [0.717, 1.165) is 38.3 Å². The fourth-order valence-electron chi connectivity index (χ4n) is 4.27. The molecule has 5 rings (SSSR count). The first-order valence-electron chi connectivity index (χ1n) is 9.12. The number of rotatable bonds is 3. The van der Waals surface area contributed by atoms with Crippen molar-refractivity contribution in [3.63, 3.8) is 0 Å². The van der Waals surface area contributed by atoms with Crippen molar-refractivity contribution in [3.8, 4) is 0 Å². The van der Waals surface area contributed by atoms with Crippen LogP contribution in [0.25, 0.3) is 10.9 Å². The van der Waals surface area contributed by atoms with Gasteiger partial charge in [-0.2, -0.15) is 0 Å². The van der Waals surface area contributed by atoms with Crippen LogP contribution in [0.4, 0.5) is 0 Å². The first-order chi connectivity index (χ1) is 12.3. The molecule has 2 aliphatic rings. The molecule has 6 heteroatoms. The molecule has 0 unspecified atom stereocenters. The summed E-state index contributed by atoms with van der Waals surface area (Å²) >= 11 is 0. The van der Waals surface area contributed by atoms with Crippen molar-refractivity contribution >= 4 is 10.9 Å². The van der Waals surface area contributed by atoms with E-state index in [2.05, 4.69) is 61.8 Å². The Balaban J connectivity index is 1.35. The molecule has 1 saturated heterocycles. The molecular formula is C19H23N5O. The second-order valence-electron chi connectivity index (χ2n) is 7.11. The monoisotopic (exact) mass is 337 g/mol. The smallest absolute Gasteiger partial charge is 0.0930 e. The number of likely N-dealkylation sites (tertiary alicyclic amines) is 1. The van der Waals surface area contributed by atoms with Crippen molar-refractivity contribution in [2.75, 3.05) is 13.1 Å². The number of benzene rings is 1. The summed E-state index contributed by atoms with van der Waals surface area (Å²) in [6, 6.07) is 9.33. The Morgan fingerprint density at radius 1 is 1.28 bits per heavy atom. The average Bonchev–Trinajstić information content (AvgIpc) is 3.28. The lowest BCUT2D eigenvalue weighted by atomic mass is 9.99. The number of fused-ring (bicyclic) bond motifs is 4. The van der Waals surface area contributed by atoms with Gasteiger partial charge >= 0.3 is 0 Å². The van der Waals surface area contributed by atoms with Gasteiger partial charge in [-0.1, -0.05) is 11.3 Å². The Morgan fingerprint density at radius 3 is 3.16 bits per heavy atom. The molecule has 0 saturated carbocycles. The molecule has 130 valence electrons. The summed E-state index contributed by atoms with van der Waals surface area (Å²) in [5.74, 6) is 0. The molecule has 2 aliphatic heterocycles. The van der Waals surface area contributed by atoms with Crippen LogP contribution in [0.2, 0.25) is 0 Å². The number of hydrogen-bond donors (Lipinski definition) is 0. The van der Waals surface area contributed by atoms with Gasteiger partial charge < -0.3 is 9.30 Å². The van der Waals surface area contributed by atoms with E-state index in [0.29, 0.717) is 6.61 Å². The van der Waals surface area contributed by atoms with Crippen molar-refractivity contribution in [2.45, 2.75) is 45.2 Å². The van der Waals surface area contributed by atoms with Crippen LogP contribution in [0.5, 0.6) is 0 Å². The highest BCUT2D eigenvalue weighted by Gasteiger charge is 2.36. The van der Waals surface area contributed by atoms with Gasteiger partial charge in [0.25, 0.3) is 0 Å². The topological polar surface area (TPSA) is 48.1 Å². The van der Waals surface area contributed by atoms with E-state index in [-0.39, 0.29) is 12.1 Å². The third kappa shape index (κ3) is 2.56. The predicted octanol–water partition coefficient (Wildman–Crippen LogP) is 2.60. The van der Waals surface area contributed by atoms with Crippen molar-refractivity contribution in [2.24, 2.45) is 0 Å². The quantitative estimate of drug-likeness (QED) is 0.737. The summed E-state index contributed by atoms with van der Waals surface area (Å²) in [7, 11) is 0. The zero-order valence-electron chi connectivity index (χ0n) is 14.5. The Hall–Kier alpha value is -2.18. The molecule has 2 atom stereocenters. The minimum Gasteiger partial charge on any atom is -0.370 e. The van der Waals surface area contributed by atoms with Crippen molar-refractivity contribution in [3.05, 3.63) is 47.9 Å². The Morgan fingerprint density at radius 2 is 2.24 bits per heavy atom. The highest BCUT2D eigenvalue weighted by atomic mass is 16.5. The van der Waals surface area contributed by atoms with Crippen molar-refractivity contribution in [1.29, 1.82) is 0 Å². The molecule has 1 aromatic carbocycles. The van der Waals surface area contributed by atoms with Crippen LogP contribution in [-0.2, 0) is 24.4 Å². The van der Waals surface area contributed by atoms with E-state index in [9.17, 15) is 0 Å². The highest BCUT2D eigenvalue weighted by Crippen LogP contribution is 2.31. The molecular weight excluding hydrogens is 314 g/mol. The van der Waals surface area contributed by atoms with Gasteiger partial charge in [0.1, 0.15) is 0 Å². The van der Waals surface area contributed by atoms with E-state index in [1.807, 2.05) is 6.20 Å². The summed E-state index contributed by atoms with van der Waals surface area (Å²) < 4.78 is 10.4. The number of aryl methyl sites for hydroxylation is 1. The maximum atomic E-state index is 6.01. The van der Waals surface area contributed by atoms with Gasteiger partial charge in [-0.05, 0) is 42.5 Å². The number of ether oxygens (including phenoxy) is 1. The van der Waals surface area contributed by atoms with Crippen LogP contribution in [0.15, 0.2) is 36.7 Å². The summed E-state index contributed by atoms with van der Waals surface area (Å²) in [5, 5.41) is 9.68. The Bertz CT molecular complexity index is 898. The van der Waals surface area contributed by atoms with E-state index in [1.54, 1.807) is 0 Å². The third-order valence-electron chi connectivity index (χ3n) is 5.59. The molecule has 0 spiro atoms. The standard InChI is InChI=1S/C19H23N5O/c1-2-23-8-5-15-9-14(3-4-17(15)23)11-22-7-6-19-18(12-22)24-16(13-25-19)10-20-21-24/h3-5,8-10,18-19H,2,6-7,11-13H2,1H3/t18-,19+/m0/s1. The lowest BCUT2D eigenvalue weighted by molar-refractivity contribution is -0.0669. The molecule has 0 bridgehead atoms. The van der Waals surface area contributed by atoms with Crippen LogP contribution in [0.1, 0.15) is 30.6 Å². The summed E-state index contributed by atoms with van der Waals surface area (Å²) in [6.07, 6.45) is 5.32. The van der Waals surface area contributed by atoms with E-state index < -0.39 is 0 Å². The maximum Gasteiger partial charge on any atom is 0.0930 e. The number of piperidine rings is 1. The van der Waals surface area contributed by atoms with Crippen LogP contribution < -0.4 is 0 Å². The minimum absolute atomic E-state index is 0.270.